The molecule has 136 valence electrons. The predicted molar refractivity (Wildman–Crippen MR) is 106 cm³/mol. The third-order valence-electron chi connectivity index (χ3n) is 3.86. The molecule has 0 bridgehead atoms. The Hall–Kier alpha value is -2.12. The van der Waals surface area contributed by atoms with Crippen molar-refractivity contribution >= 4 is 28.6 Å². The van der Waals surface area contributed by atoms with Crippen LogP contribution in [0.25, 0.3) is 10.6 Å². The number of hydrogen-bond acceptors (Lipinski definition) is 6. The predicted octanol–water partition coefficient (Wildman–Crippen LogP) is 4.50. The largest absolute Gasteiger partial charge is 0.347 e. The van der Waals surface area contributed by atoms with Gasteiger partial charge in [-0.1, -0.05) is 13.8 Å². The number of carbonyl (C=O) groups is 1. The maximum Gasteiger partial charge on any atom is 0.220 e. The number of hydrogen-bond donors (Lipinski definition) is 1. The molecule has 3 rings (SSSR count). The number of nitrogens with one attached hydrogen (secondary N) is 1. The molecule has 0 radical (unpaired) electrons. The Kier molecular flexibility index (Phi) is 6.46. The lowest BCUT2D eigenvalue weighted by molar-refractivity contribution is -0.121. The summed E-state index contributed by atoms with van der Waals surface area (Å²) >= 11 is 3.17. The van der Waals surface area contributed by atoms with Crippen molar-refractivity contribution in [1.82, 2.24) is 20.3 Å². The number of amides is 1. The van der Waals surface area contributed by atoms with E-state index < -0.39 is 0 Å². The molecule has 0 fully saturated rings. The molecule has 1 N–H and O–H groups in total. The van der Waals surface area contributed by atoms with Crippen molar-refractivity contribution in [3.05, 3.63) is 52.2 Å². The molecule has 3 aromatic rings. The van der Waals surface area contributed by atoms with Gasteiger partial charge in [-0.15, -0.1) is 22.7 Å². The van der Waals surface area contributed by atoms with Crippen molar-refractivity contribution in [3.63, 3.8) is 0 Å². The molecule has 0 spiro atoms. The summed E-state index contributed by atoms with van der Waals surface area (Å²) in [5.74, 6) is 0.534. The van der Waals surface area contributed by atoms with Gasteiger partial charge in [-0.3, -0.25) is 9.78 Å². The fourth-order valence-corrected chi connectivity index (χ4v) is 4.20. The van der Waals surface area contributed by atoms with Crippen LogP contribution in [0.1, 0.15) is 43.4 Å². The maximum absolute atomic E-state index is 12.4. The molecular formula is C19H22N4OS2. The minimum atomic E-state index is -0.0103. The van der Waals surface area contributed by atoms with Crippen molar-refractivity contribution in [2.75, 3.05) is 0 Å². The van der Waals surface area contributed by atoms with Gasteiger partial charge in [0.25, 0.3) is 0 Å². The molecule has 0 saturated heterocycles. The number of thiazole rings is 2. The highest BCUT2D eigenvalue weighted by Gasteiger charge is 2.18. The molecule has 0 saturated carbocycles. The Morgan fingerprint density at radius 2 is 2.15 bits per heavy atom. The van der Waals surface area contributed by atoms with Crippen molar-refractivity contribution in [2.24, 2.45) is 5.92 Å². The monoisotopic (exact) mass is 386 g/mol. The molecule has 0 aromatic carbocycles. The van der Waals surface area contributed by atoms with Gasteiger partial charge in [-0.2, -0.15) is 0 Å². The summed E-state index contributed by atoms with van der Waals surface area (Å²) in [6.07, 6.45) is 7.29. The normalized spacial score (nSPS) is 12.3. The van der Waals surface area contributed by atoms with Gasteiger partial charge in [0.05, 0.1) is 11.7 Å². The zero-order valence-corrected chi connectivity index (χ0v) is 16.5. The molecule has 0 aliphatic heterocycles. The number of rotatable bonds is 8. The van der Waals surface area contributed by atoms with Crippen LogP contribution >= 0.6 is 22.7 Å². The summed E-state index contributed by atoms with van der Waals surface area (Å²) < 4.78 is 0. The van der Waals surface area contributed by atoms with Crippen LogP contribution in [0, 0.1) is 5.92 Å². The first-order chi connectivity index (χ1) is 12.6. The van der Waals surface area contributed by atoms with E-state index in [9.17, 15) is 4.79 Å². The van der Waals surface area contributed by atoms with E-state index in [0.29, 0.717) is 18.8 Å². The van der Waals surface area contributed by atoms with Gasteiger partial charge in [0.1, 0.15) is 10.0 Å². The van der Waals surface area contributed by atoms with Crippen molar-refractivity contribution in [2.45, 2.75) is 39.2 Å². The standard InChI is InChI=1S/C19H22N4OS2/c1-13(2)10-16(19-21-8-9-25-19)23-17(24)6-5-15-12-26-18(22-15)14-4-3-7-20-11-14/h3-4,7-9,11-13,16H,5-6,10H2,1-2H3,(H,23,24). The summed E-state index contributed by atoms with van der Waals surface area (Å²) in [6, 6.07) is 3.88. The summed E-state index contributed by atoms with van der Waals surface area (Å²) in [4.78, 5) is 25.5. The van der Waals surface area contributed by atoms with Crippen LogP contribution < -0.4 is 5.32 Å². The quantitative estimate of drug-likeness (QED) is 0.619. The summed E-state index contributed by atoms with van der Waals surface area (Å²) in [5.41, 5.74) is 1.95. The highest BCUT2D eigenvalue weighted by atomic mass is 32.1. The van der Waals surface area contributed by atoms with Gasteiger partial charge in [-0.05, 0) is 30.9 Å². The Balaban J connectivity index is 1.56. The van der Waals surface area contributed by atoms with Gasteiger partial charge < -0.3 is 5.32 Å². The van der Waals surface area contributed by atoms with Gasteiger partial charge in [0.2, 0.25) is 5.91 Å². The Labute approximate surface area is 161 Å². The third-order valence-corrected chi connectivity index (χ3v) is 5.69. The number of carbonyl (C=O) groups excluding carboxylic acids is 1. The van der Waals surface area contributed by atoms with Crippen LogP contribution in [0.5, 0.6) is 0 Å². The lowest BCUT2D eigenvalue weighted by Gasteiger charge is -2.18. The first-order valence-corrected chi connectivity index (χ1v) is 10.4. The van der Waals surface area contributed by atoms with Crippen LogP contribution in [0.15, 0.2) is 41.5 Å². The average molecular weight is 387 g/mol. The zero-order valence-electron chi connectivity index (χ0n) is 14.9. The molecule has 3 heterocycles. The van der Waals surface area contributed by atoms with Crippen LogP contribution in [0.3, 0.4) is 0 Å². The Morgan fingerprint density at radius 1 is 1.27 bits per heavy atom. The smallest absolute Gasteiger partial charge is 0.220 e. The molecular weight excluding hydrogens is 364 g/mol. The Bertz CT molecular complexity index is 815. The molecule has 5 nitrogen and oxygen atoms in total. The van der Waals surface area contributed by atoms with E-state index in [-0.39, 0.29) is 11.9 Å². The summed E-state index contributed by atoms with van der Waals surface area (Å²) in [6.45, 7) is 4.31. The van der Waals surface area contributed by atoms with Gasteiger partial charge in [0, 0.05) is 41.3 Å². The molecule has 1 amide bonds. The third kappa shape index (κ3) is 5.19. The minimum Gasteiger partial charge on any atom is -0.347 e. The van der Waals surface area contributed by atoms with Crippen LogP contribution in [-0.4, -0.2) is 20.9 Å². The van der Waals surface area contributed by atoms with Crippen LogP contribution in [-0.2, 0) is 11.2 Å². The van der Waals surface area contributed by atoms with Crippen molar-refractivity contribution in [3.8, 4) is 10.6 Å². The number of nitrogens with zero attached hydrogens (tertiary/aromatic N) is 3. The number of aryl methyl sites for hydroxylation is 1. The number of aromatic nitrogens is 3. The first-order valence-electron chi connectivity index (χ1n) is 8.65. The fourth-order valence-electron chi connectivity index (χ4n) is 2.65. The minimum absolute atomic E-state index is 0.0103. The molecule has 1 atom stereocenters. The van der Waals surface area contributed by atoms with E-state index in [1.165, 1.54) is 0 Å². The SMILES string of the molecule is CC(C)CC(NC(=O)CCc1csc(-c2cccnc2)n1)c1nccs1. The van der Waals surface area contributed by atoms with Crippen molar-refractivity contribution in [1.29, 1.82) is 0 Å². The van der Waals surface area contributed by atoms with Gasteiger partial charge >= 0.3 is 0 Å². The maximum atomic E-state index is 12.4. The van der Waals surface area contributed by atoms with Gasteiger partial charge in [-0.25, -0.2) is 9.97 Å². The highest BCUT2D eigenvalue weighted by Crippen LogP contribution is 2.24. The van der Waals surface area contributed by atoms with E-state index in [1.54, 1.807) is 41.3 Å². The fraction of sp³-hybridized carbons (Fsp3) is 0.368. The second-order valence-electron chi connectivity index (χ2n) is 6.51. The van der Waals surface area contributed by atoms with E-state index in [1.807, 2.05) is 22.9 Å². The van der Waals surface area contributed by atoms with Gasteiger partial charge in [0.15, 0.2) is 0 Å². The second kappa shape index (κ2) is 9.00. The molecule has 1 unspecified atom stereocenters. The lowest BCUT2D eigenvalue weighted by atomic mass is 10.0. The number of pyridine rings is 1. The summed E-state index contributed by atoms with van der Waals surface area (Å²) in [5, 5.41) is 9.01. The molecule has 0 aliphatic carbocycles. The van der Waals surface area contributed by atoms with Crippen LogP contribution in [0.4, 0.5) is 0 Å². The first kappa shape index (κ1) is 18.7. The average Bonchev–Trinajstić information content (AvgIpc) is 3.32. The highest BCUT2D eigenvalue weighted by molar-refractivity contribution is 7.13. The van der Waals surface area contributed by atoms with E-state index >= 15 is 0 Å². The zero-order chi connectivity index (χ0) is 18.4. The van der Waals surface area contributed by atoms with E-state index in [0.717, 1.165) is 27.7 Å². The topological polar surface area (TPSA) is 67.8 Å². The van der Waals surface area contributed by atoms with E-state index in [2.05, 4.69) is 34.1 Å². The molecule has 7 heteroatoms. The Morgan fingerprint density at radius 3 is 2.85 bits per heavy atom. The van der Waals surface area contributed by atoms with E-state index in [4.69, 9.17) is 0 Å². The molecule has 3 aromatic heterocycles. The summed E-state index contributed by atoms with van der Waals surface area (Å²) in [7, 11) is 0. The van der Waals surface area contributed by atoms with Crippen molar-refractivity contribution < 1.29 is 4.79 Å². The second-order valence-corrected chi connectivity index (χ2v) is 8.29. The lowest BCUT2D eigenvalue weighted by Crippen LogP contribution is -2.29. The molecule has 26 heavy (non-hydrogen) atoms. The molecule has 0 aliphatic rings. The van der Waals surface area contributed by atoms with Crippen LogP contribution in [0.2, 0.25) is 0 Å².